The Labute approximate surface area is 147 Å². The minimum absolute atomic E-state index is 0.167. The Hall–Kier alpha value is -3.54. The molecule has 1 amide bonds. The molecule has 3 aromatic carbocycles. The number of carbonyl (C=O) groups excluding carboxylic acids is 1. The van der Waals surface area contributed by atoms with Crippen LogP contribution in [0.2, 0.25) is 0 Å². The minimum Gasteiger partial charge on any atom is -0.436 e. The molecule has 0 aliphatic heterocycles. The van der Waals surface area contributed by atoms with E-state index in [2.05, 4.69) is 10.3 Å². The molecule has 1 heterocycles. The molecule has 1 N–H and O–H groups in total. The lowest BCUT2D eigenvalue weighted by Gasteiger charge is -2.04. The molecule has 0 bridgehead atoms. The monoisotopic (exact) mass is 350 g/mol. The Bertz CT molecular complexity index is 1100. The molecule has 0 saturated heterocycles. The summed E-state index contributed by atoms with van der Waals surface area (Å²) >= 11 is 0. The van der Waals surface area contributed by atoms with E-state index in [1.165, 1.54) is 30.3 Å². The van der Waals surface area contributed by atoms with Crippen molar-refractivity contribution in [2.75, 3.05) is 5.32 Å². The summed E-state index contributed by atoms with van der Waals surface area (Å²) in [4.78, 5) is 16.5. The molecule has 128 valence electrons. The lowest BCUT2D eigenvalue weighted by Crippen LogP contribution is -2.11. The van der Waals surface area contributed by atoms with Gasteiger partial charge in [0.2, 0.25) is 5.89 Å². The molecule has 0 aliphatic carbocycles. The maximum atomic E-state index is 13.9. The van der Waals surface area contributed by atoms with Crippen LogP contribution in [0.25, 0.3) is 22.6 Å². The quantitative estimate of drug-likeness (QED) is 0.564. The van der Waals surface area contributed by atoms with Crippen molar-refractivity contribution < 1.29 is 18.0 Å². The standard InChI is InChI=1S/C20H12F2N2O2/c21-13-7-5-12(6-8-13)19(25)23-14-9-10-18-17(11-14)24-20(26-18)15-3-1-2-4-16(15)22/h1-11H,(H,23,25). The van der Waals surface area contributed by atoms with Crippen LogP contribution < -0.4 is 5.32 Å². The van der Waals surface area contributed by atoms with E-state index < -0.39 is 11.6 Å². The normalized spacial score (nSPS) is 10.8. The van der Waals surface area contributed by atoms with Gasteiger partial charge in [0, 0.05) is 11.3 Å². The first-order valence-electron chi connectivity index (χ1n) is 7.82. The summed E-state index contributed by atoms with van der Waals surface area (Å²) in [6, 6.07) is 16.4. The molecular formula is C20H12F2N2O2. The van der Waals surface area contributed by atoms with Crippen LogP contribution >= 0.6 is 0 Å². The van der Waals surface area contributed by atoms with Crippen LogP contribution in [-0.4, -0.2) is 10.9 Å². The second-order valence-electron chi connectivity index (χ2n) is 5.64. The maximum absolute atomic E-state index is 13.9. The molecule has 0 radical (unpaired) electrons. The SMILES string of the molecule is O=C(Nc1ccc2oc(-c3ccccc3F)nc2c1)c1ccc(F)cc1. The Balaban J connectivity index is 1.62. The molecule has 0 fully saturated rings. The van der Waals surface area contributed by atoms with Crippen molar-refractivity contribution in [2.45, 2.75) is 0 Å². The van der Waals surface area contributed by atoms with Crippen LogP contribution in [0.4, 0.5) is 14.5 Å². The number of fused-ring (bicyclic) bond motifs is 1. The summed E-state index contributed by atoms with van der Waals surface area (Å²) in [6.45, 7) is 0. The van der Waals surface area contributed by atoms with Gasteiger partial charge >= 0.3 is 0 Å². The largest absolute Gasteiger partial charge is 0.436 e. The van der Waals surface area contributed by atoms with Crippen molar-refractivity contribution in [1.29, 1.82) is 0 Å². The van der Waals surface area contributed by atoms with Crippen LogP contribution in [0.3, 0.4) is 0 Å². The van der Waals surface area contributed by atoms with Crippen LogP contribution in [0.1, 0.15) is 10.4 Å². The number of carbonyl (C=O) groups is 1. The van der Waals surface area contributed by atoms with Crippen molar-refractivity contribution in [3.63, 3.8) is 0 Å². The van der Waals surface area contributed by atoms with Gasteiger partial charge < -0.3 is 9.73 Å². The van der Waals surface area contributed by atoms with Crippen molar-refractivity contribution in [1.82, 2.24) is 4.98 Å². The third kappa shape index (κ3) is 3.04. The van der Waals surface area contributed by atoms with Crippen molar-refractivity contribution in [3.05, 3.63) is 83.9 Å². The summed E-state index contributed by atoms with van der Waals surface area (Å²) in [5, 5.41) is 2.71. The van der Waals surface area contributed by atoms with E-state index in [-0.39, 0.29) is 17.4 Å². The van der Waals surface area contributed by atoms with Gasteiger partial charge in [0.25, 0.3) is 5.91 Å². The third-order valence-corrected chi connectivity index (χ3v) is 3.86. The van der Waals surface area contributed by atoms with Gasteiger partial charge in [-0.2, -0.15) is 0 Å². The predicted octanol–water partition coefficient (Wildman–Crippen LogP) is 5.03. The van der Waals surface area contributed by atoms with E-state index in [0.717, 1.165) is 0 Å². The number of rotatable bonds is 3. The van der Waals surface area contributed by atoms with E-state index in [9.17, 15) is 13.6 Å². The van der Waals surface area contributed by atoms with Crippen LogP contribution in [0, 0.1) is 11.6 Å². The molecular weight excluding hydrogens is 338 g/mol. The van der Waals surface area contributed by atoms with Crippen molar-refractivity contribution in [2.24, 2.45) is 0 Å². The number of oxazole rings is 1. The van der Waals surface area contributed by atoms with Gasteiger partial charge in [0.05, 0.1) is 5.56 Å². The zero-order valence-electron chi connectivity index (χ0n) is 13.4. The Kier molecular flexibility index (Phi) is 3.93. The molecule has 4 nitrogen and oxygen atoms in total. The highest BCUT2D eigenvalue weighted by Crippen LogP contribution is 2.27. The number of nitrogens with zero attached hydrogens (tertiary/aromatic N) is 1. The van der Waals surface area contributed by atoms with E-state index in [1.807, 2.05) is 0 Å². The Morgan fingerprint density at radius 2 is 1.73 bits per heavy atom. The molecule has 4 rings (SSSR count). The summed E-state index contributed by atoms with van der Waals surface area (Å²) in [5.41, 5.74) is 2.06. The average molecular weight is 350 g/mol. The summed E-state index contributed by atoms with van der Waals surface area (Å²) < 4.78 is 32.4. The van der Waals surface area contributed by atoms with Gasteiger partial charge in [0.15, 0.2) is 5.58 Å². The molecule has 26 heavy (non-hydrogen) atoms. The predicted molar refractivity (Wildman–Crippen MR) is 93.8 cm³/mol. The summed E-state index contributed by atoms with van der Waals surface area (Å²) in [6.07, 6.45) is 0. The maximum Gasteiger partial charge on any atom is 0.255 e. The number of benzene rings is 3. The fourth-order valence-electron chi connectivity index (χ4n) is 2.56. The topological polar surface area (TPSA) is 55.1 Å². The summed E-state index contributed by atoms with van der Waals surface area (Å²) in [5.74, 6) is -1.04. The zero-order valence-corrected chi connectivity index (χ0v) is 13.4. The van der Waals surface area contributed by atoms with Crippen LogP contribution in [-0.2, 0) is 0 Å². The zero-order chi connectivity index (χ0) is 18.1. The molecule has 0 unspecified atom stereocenters. The summed E-state index contributed by atoms with van der Waals surface area (Å²) in [7, 11) is 0. The fourth-order valence-corrected chi connectivity index (χ4v) is 2.56. The van der Waals surface area contributed by atoms with Gasteiger partial charge in [-0.3, -0.25) is 4.79 Å². The molecule has 0 atom stereocenters. The highest BCUT2D eigenvalue weighted by Gasteiger charge is 2.13. The van der Waals surface area contributed by atoms with Crippen molar-refractivity contribution >= 4 is 22.7 Å². The Morgan fingerprint density at radius 1 is 0.962 bits per heavy atom. The number of aromatic nitrogens is 1. The second kappa shape index (κ2) is 6.40. The molecule has 0 spiro atoms. The first-order chi connectivity index (χ1) is 12.6. The third-order valence-electron chi connectivity index (χ3n) is 3.86. The highest BCUT2D eigenvalue weighted by molar-refractivity contribution is 6.04. The van der Waals surface area contributed by atoms with Crippen LogP contribution in [0.15, 0.2) is 71.1 Å². The molecule has 0 aliphatic rings. The number of hydrogen-bond donors (Lipinski definition) is 1. The van der Waals surface area contributed by atoms with E-state index in [0.29, 0.717) is 22.4 Å². The number of anilines is 1. The lowest BCUT2D eigenvalue weighted by molar-refractivity contribution is 0.102. The molecule has 0 saturated carbocycles. The fraction of sp³-hybridized carbons (Fsp3) is 0. The Morgan fingerprint density at radius 3 is 2.50 bits per heavy atom. The number of nitrogens with one attached hydrogen (secondary N) is 1. The van der Waals surface area contributed by atoms with Crippen LogP contribution in [0.5, 0.6) is 0 Å². The highest BCUT2D eigenvalue weighted by atomic mass is 19.1. The van der Waals surface area contributed by atoms with E-state index >= 15 is 0 Å². The first kappa shape index (κ1) is 16.0. The van der Waals surface area contributed by atoms with E-state index in [4.69, 9.17) is 4.42 Å². The number of halogens is 2. The molecule has 1 aromatic heterocycles. The van der Waals surface area contributed by atoms with E-state index in [1.54, 1.807) is 36.4 Å². The van der Waals surface area contributed by atoms with Gasteiger partial charge in [-0.05, 0) is 54.6 Å². The second-order valence-corrected chi connectivity index (χ2v) is 5.64. The number of amides is 1. The molecule has 4 aromatic rings. The van der Waals surface area contributed by atoms with Gasteiger partial charge in [-0.1, -0.05) is 12.1 Å². The van der Waals surface area contributed by atoms with Crippen molar-refractivity contribution in [3.8, 4) is 11.5 Å². The lowest BCUT2D eigenvalue weighted by atomic mass is 10.2. The van der Waals surface area contributed by atoms with Gasteiger partial charge in [-0.25, -0.2) is 13.8 Å². The molecule has 6 heteroatoms. The minimum atomic E-state index is -0.427. The van der Waals surface area contributed by atoms with Gasteiger partial charge in [-0.15, -0.1) is 0 Å². The first-order valence-corrected chi connectivity index (χ1v) is 7.82. The smallest absolute Gasteiger partial charge is 0.255 e. The average Bonchev–Trinajstić information content (AvgIpc) is 3.05. The number of hydrogen-bond acceptors (Lipinski definition) is 3. The van der Waals surface area contributed by atoms with Gasteiger partial charge in [0.1, 0.15) is 17.2 Å².